The Morgan fingerprint density at radius 2 is 1.90 bits per heavy atom. The highest BCUT2D eigenvalue weighted by molar-refractivity contribution is 5.92. The predicted molar refractivity (Wildman–Crippen MR) is 109 cm³/mol. The summed E-state index contributed by atoms with van der Waals surface area (Å²) < 4.78 is 8.09. The van der Waals surface area contributed by atoms with Crippen LogP contribution in [-0.4, -0.2) is 32.3 Å². The molecule has 8 heteroatoms. The number of anilines is 1. The van der Waals surface area contributed by atoms with Crippen molar-refractivity contribution in [2.75, 3.05) is 12.4 Å². The van der Waals surface area contributed by atoms with Gasteiger partial charge in [-0.05, 0) is 31.2 Å². The summed E-state index contributed by atoms with van der Waals surface area (Å²) in [6.45, 7) is 1.83. The molecule has 2 aromatic heterocycles. The minimum Gasteiger partial charge on any atom is -0.495 e. The Morgan fingerprint density at radius 1 is 1.14 bits per heavy atom. The van der Waals surface area contributed by atoms with Crippen LogP contribution in [0, 0.1) is 6.92 Å². The lowest BCUT2D eigenvalue weighted by Crippen LogP contribution is -2.28. The van der Waals surface area contributed by atoms with Crippen molar-refractivity contribution < 1.29 is 9.53 Å². The molecule has 0 atom stereocenters. The molecule has 4 aromatic rings. The molecular weight excluding hydrogens is 370 g/mol. The van der Waals surface area contributed by atoms with Crippen molar-refractivity contribution in [1.82, 2.24) is 19.3 Å². The number of carbonyl (C=O) groups excluding carboxylic acids is 1. The van der Waals surface area contributed by atoms with Gasteiger partial charge in [-0.3, -0.25) is 14.2 Å². The molecule has 146 valence electrons. The molecule has 2 heterocycles. The fourth-order valence-corrected chi connectivity index (χ4v) is 3.03. The molecule has 0 aliphatic heterocycles. The van der Waals surface area contributed by atoms with Gasteiger partial charge in [0.1, 0.15) is 24.0 Å². The van der Waals surface area contributed by atoms with Crippen LogP contribution in [0.3, 0.4) is 0 Å². The van der Waals surface area contributed by atoms with E-state index in [4.69, 9.17) is 4.74 Å². The van der Waals surface area contributed by atoms with Gasteiger partial charge in [0.2, 0.25) is 5.91 Å². The van der Waals surface area contributed by atoms with E-state index < -0.39 is 0 Å². The maximum absolute atomic E-state index is 12.8. The number of aromatic nitrogens is 4. The fraction of sp³-hybridized carbons (Fsp3) is 0.143. The van der Waals surface area contributed by atoms with Gasteiger partial charge in [0.05, 0.1) is 24.7 Å². The van der Waals surface area contributed by atoms with Crippen LogP contribution in [0.2, 0.25) is 0 Å². The van der Waals surface area contributed by atoms with Gasteiger partial charge in [0.25, 0.3) is 5.56 Å². The number of amides is 1. The molecule has 0 radical (unpaired) electrons. The van der Waals surface area contributed by atoms with Gasteiger partial charge in [0.15, 0.2) is 5.65 Å². The van der Waals surface area contributed by atoms with Crippen LogP contribution >= 0.6 is 0 Å². The Bertz CT molecular complexity index is 1240. The third-order valence-electron chi connectivity index (χ3n) is 4.53. The van der Waals surface area contributed by atoms with Crippen molar-refractivity contribution in [3.05, 3.63) is 77.0 Å². The van der Waals surface area contributed by atoms with E-state index in [1.165, 1.54) is 24.2 Å². The van der Waals surface area contributed by atoms with Crippen molar-refractivity contribution in [1.29, 1.82) is 0 Å². The molecule has 29 heavy (non-hydrogen) atoms. The molecule has 1 N–H and O–H groups in total. The van der Waals surface area contributed by atoms with Crippen LogP contribution in [0.25, 0.3) is 16.7 Å². The maximum Gasteiger partial charge on any atom is 0.264 e. The van der Waals surface area contributed by atoms with Gasteiger partial charge in [-0.1, -0.05) is 29.8 Å². The number of hydrogen-bond donors (Lipinski definition) is 1. The second kappa shape index (κ2) is 7.59. The molecule has 0 aliphatic rings. The topological polar surface area (TPSA) is 91.0 Å². The largest absolute Gasteiger partial charge is 0.495 e. The Kier molecular flexibility index (Phi) is 4.82. The summed E-state index contributed by atoms with van der Waals surface area (Å²) in [5.74, 6) is 0.185. The number of carbonyl (C=O) groups is 1. The number of aryl methyl sites for hydroxylation is 1. The molecule has 2 aromatic carbocycles. The van der Waals surface area contributed by atoms with Crippen molar-refractivity contribution >= 4 is 22.6 Å². The van der Waals surface area contributed by atoms with Crippen LogP contribution in [0.4, 0.5) is 5.69 Å². The van der Waals surface area contributed by atoms with E-state index in [2.05, 4.69) is 15.4 Å². The summed E-state index contributed by atoms with van der Waals surface area (Å²) in [7, 11) is 1.53. The van der Waals surface area contributed by atoms with E-state index in [0.717, 1.165) is 11.3 Å². The number of fused-ring (bicyclic) bond motifs is 1. The van der Waals surface area contributed by atoms with E-state index in [1.54, 1.807) is 22.9 Å². The van der Waals surface area contributed by atoms with Gasteiger partial charge in [-0.15, -0.1) is 0 Å². The molecule has 0 aliphatic carbocycles. The van der Waals surface area contributed by atoms with E-state index in [-0.39, 0.29) is 18.0 Å². The summed E-state index contributed by atoms with van der Waals surface area (Å²) in [5.41, 5.74) is 2.59. The second-order valence-electron chi connectivity index (χ2n) is 6.56. The summed E-state index contributed by atoms with van der Waals surface area (Å²) in [4.78, 5) is 29.6. The van der Waals surface area contributed by atoms with Crippen molar-refractivity contribution in [2.45, 2.75) is 13.5 Å². The van der Waals surface area contributed by atoms with Crippen molar-refractivity contribution in [3.63, 3.8) is 0 Å². The number of nitrogens with zero attached hydrogens (tertiary/aromatic N) is 4. The highest BCUT2D eigenvalue weighted by atomic mass is 16.5. The minimum atomic E-state index is -0.358. The first-order valence-electron chi connectivity index (χ1n) is 9.00. The first kappa shape index (κ1) is 18.4. The Labute approximate surface area is 166 Å². The zero-order chi connectivity index (χ0) is 20.4. The van der Waals surface area contributed by atoms with E-state index in [1.807, 2.05) is 37.3 Å². The number of methoxy groups -OCH3 is 1. The van der Waals surface area contributed by atoms with Crippen LogP contribution in [0.1, 0.15) is 5.56 Å². The van der Waals surface area contributed by atoms with Gasteiger partial charge in [-0.25, -0.2) is 9.67 Å². The van der Waals surface area contributed by atoms with Gasteiger partial charge >= 0.3 is 0 Å². The number of rotatable bonds is 5. The number of ether oxygens (including phenoxy) is 1. The Hall–Kier alpha value is -3.94. The van der Waals surface area contributed by atoms with Gasteiger partial charge < -0.3 is 10.1 Å². The average Bonchev–Trinajstić information content (AvgIpc) is 3.16. The van der Waals surface area contributed by atoms with Crippen LogP contribution in [0.5, 0.6) is 5.75 Å². The normalized spacial score (nSPS) is 10.8. The lowest BCUT2D eigenvalue weighted by molar-refractivity contribution is -0.116. The first-order valence-corrected chi connectivity index (χ1v) is 9.00. The van der Waals surface area contributed by atoms with Crippen molar-refractivity contribution in [3.8, 4) is 11.4 Å². The summed E-state index contributed by atoms with van der Waals surface area (Å²) in [5, 5.41) is 7.39. The predicted octanol–water partition coefficient (Wildman–Crippen LogP) is 2.54. The Morgan fingerprint density at radius 3 is 2.66 bits per heavy atom. The van der Waals surface area contributed by atoms with Crippen LogP contribution in [0.15, 0.2) is 65.8 Å². The first-order chi connectivity index (χ1) is 14.1. The lowest BCUT2D eigenvalue weighted by Gasteiger charge is -2.10. The highest BCUT2D eigenvalue weighted by Crippen LogP contribution is 2.22. The molecule has 0 saturated carbocycles. The number of benzene rings is 2. The number of nitrogens with one attached hydrogen (secondary N) is 1. The molecular formula is C21H19N5O3. The SMILES string of the molecule is COc1ccccc1NC(=O)Cn1cnc2c(cnn2-c2ccc(C)cc2)c1=O. The molecule has 0 saturated heterocycles. The molecule has 8 nitrogen and oxygen atoms in total. The van der Waals surface area contributed by atoms with E-state index in [9.17, 15) is 9.59 Å². The molecule has 0 bridgehead atoms. The lowest BCUT2D eigenvalue weighted by atomic mass is 10.2. The zero-order valence-corrected chi connectivity index (χ0v) is 16.0. The maximum atomic E-state index is 12.8. The molecule has 4 rings (SSSR count). The third-order valence-corrected chi connectivity index (χ3v) is 4.53. The monoisotopic (exact) mass is 389 g/mol. The van der Waals surface area contributed by atoms with Crippen LogP contribution in [-0.2, 0) is 11.3 Å². The quantitative estimate of drug-likeness (QED) is 0.566. The van der Waals surface area contributed by atoms with Crippen LogP contribution < -0.4 is 15.6 Å². The van der Waals surface area contributed by atoms with E-state index >= 15 is 0 Å². The standard InChI is InChI=1S/C21H19N5O3/c1-14-7-9-15(10-8-14)26-20-16(11-23-26)21(28)25(13-22-20)12-19(27)24-17-5-3-4-6-18(17)29-2/h3-11,13H,12H2,1-2H3,(H,24,27). The summed E-state index contributed by atoms with van der Waals surface area (Å²) in [6.07, 6.45) is 2.83. The van der Waals surface area contributed by atoms with Gasteiger partial charge in [0, 0.05) is 0 Å². The molecule has 0 spiro atoms. The van der Waals surface area contributed by atoms with Gasteiger partial charge in [-0.2, -0.15) is 5.10 Å². The molecule has 0 fully saturated rings. The Balaban J connectivity index is 1.60. The number of hydrogen-bond acceptors (Lipinski definition) is 5. The van der Waals surface area contributed by atoms with E-state index in [0.29, 0.717) is 22.5 Å². The number of para-hydroxylation sites is 2. The summed E-state index contributed by atoms with van der Waals surface area (Å²) in [6, 6.07) is 14.8. The minimum absolute atomic E-state index is 0.171. The molecule has 1 amide bonds. The molecule has 0 unspecified atom stereocenters. The smallest absolute Gasteiger partial charge is 0.264 e. The fourth-order valence-electron chi connectivity index (χ4n) is 3.03. The van der Waals surface area contributed by atoms with Crippen molar-refractivity contribution in [2.24, 2.45) is 0 Å². The third kappa shape index (κ3) is 3.60. The highest BCUT2D eigenvalue weighted by Gasteiger charge is 2.14. The zero-order valence-electron chi connectivity index (χ0n) is 16.0. The average molecular weight is 389 g/mol. The second-order valence-corrected chi connectivity index (χ2v) is 6.56. The summed E-state index contributed by atoms with van der Waals surface area (Å²) >= 11 is 0.